The number of benzene rings is 1. The molecule has 0 bridgehead atoms. The van der Waals surface area contributed by atoms with Crippen molar-refractivity contribution in [2.75, 3.05) is 25.2 Å². The Morgan fingerprint density at radius 1 is 1.38 bits per heavy atom. The Kier molecular flexibility index (Phi) is 5.49. The molecule has 2 rings (SSSR count). The number of esters is 1. The van der Waals surface area contributed by atoms with Gasteiger partial charge in [-0.15, -0.1) is 0 Å². The van der Waals surface area contributed by atoms with Crippen LogP contribution in [0.3, 0.4) is 0 Å². The number of aliphatic hydroxyl groups excluding tert-OH is 1. The lowest BCUT2D eigenvalue weighted by Gasteiger charge is -2.27. The molecule has 1 aliphatic rings. The van der Waals surface area contributed by atoms with E-state index in [1.54, 1.807) is 33.9 Å². The van der Waals surface area contributed by atoms with Crippen molar-refractivity contribution in [2.24, 2.45) is 5.92 Å². The van der Waals surface area contributed by atoms with E-state index in [4.69, 9.17) is 9.47 Å². The van der Waals surface area contributed by atoms with Crippen molar-refractivity contribution in [3.63, 3.8) is 0 Å². The zero-order valence-corrected chi connectivity index (χ0v) is 14.7. The molecule has 1 aromatic rings. The quantitative estimate of drug-likeness (QED) is 0.672. The highest BCUT2D eigenvalue weighted by Gasteiger charge is 2.37. The third-order valence-corrected chi connectivity index (χ3v) is 3.86. The number of nitrogens with zero attached hydrogens (tertiary/aromatic N) is 1. The smallest absolute Gasteiger partial charge is 0.319 e. The number of hydrogen-bond donors (Lipinski definition) is 1. The van der Waals surface area contributed by atoms with Crippen molar-refractivity contribution in [3.8, 4) is 5.75 Å². The Morgan fingerprint density at radius 2 is 2.08 bits per heavy atom. The van der Waals surface area contributed by atoms with Gasteiger partial charge in [0.1, 0.15) is 17.3 Å². The van der Waals surface area contributed by atoms with Gasteiger partial charge in [-0.2, -0.15) is 0 Å². The summed E-state index contributed by atoms with van der Waals surface area (Å²) in [5, 5.41) is 9.35. The van der Waals surface area contributed by atoms with Crippen molar-refractivity contribution >= 4 is 17.6 Å². The highest BCUT2D eigenvalue weighted by atomic mass is 16.6. The number of hydrogen-bond acceptors (Lipinski definition) is 5. The van der Waals surface area contributed by atoms with E-state index < -0.39 is 17.5 Å². The van der Waals surface area contributed by atoms with Crippen LogP contribution in [0.25, 0.3) is 0 Å². The first-order valence-corrected chi connectivity index (χ1v) is 8.09. The van der Waals surface area contributed by atoms with Crippen LogP contribution in [0.1, 0.15) is 32.8 Å². The van der Waals surface area contributed by atoms with Crippen molar-refractivity contribution < 1.29 is 24.2 Å². The van der Waals surface area contributed by atoms with Gasteiger partial charge in [-0.3, -0.25) is 9.59 Å². The van der Waals surface area contributed by atoms with Crippen molar-refractivity contribution in [1.29, 1.82) is 0 Å². The van der Waals surface area contributed by atoms with E-state index in [-0.39, 0.29) is 19.1 Å². The van der Waals surface area contributed by atoms with Crippen LogP contribution in [0, 0.1) is 5.92 Å². The molecule has 0 unspecified atom stereocenters. The summed E-state index contributed by atoms with van der Waals surface area (Å²) in [5.41, 5.74) is 0.977. The summed E-state index contributed by atoms with van der Waals surface area (Å²) in [6.45, 7) is 5.26. The summed E-state index contributed by atoms with van der Waals surface area (Å²) >= 11 is 0. The van der Waals surface area contributed by atoms with Crippen LogP contribution in [-0.4, -0.2) is 42.8 Å². The number of amides is 1. The number of anilines is 1. The molecule has 1 aliphatic heterocycles. The van der Waals surface area contributed by atoms with Gasteiger partial charge in [0.05, 0.1) is 19.4 Å². The minimum Gasteiger partial charge on any atom is -0.497 e. The number of ether oxygens (including phenoxy) is 2. The van der Waals surface area contributed by atoms with Gasteiger partial charge >= 0.3 is 5.97 Å². The average Bonchev–Trinajstić information content (AvgIpc) is 2.63. The highest BCUT2D eigenvalue weighted by Crippen LogP contribution is 2.33. The lowest BCUT2D eigenvalue weighted by Crippen LogP contribution is -2.42. The number of carbonyl (C=O) groups is 2. The van der Waals surface area contributed by atoms with Crippen LogP contribution in [0.15, 0.2) is 18.2 Å². The third-order valence-electron chi connectivity index (χ3n) is 3.86. The van der Waals surface area contributed by atoms with E-state index >= 15 is 0 Å². The molecule has 0 aromatic heterocycles. The monoisotopic (exact) mass is 335 g/mol. The molecule has 0 radical (unpaired) electrons. The Morgan fingerprint density at radius 3 is 2.67 bits per heavy atom. The van der Waals surface area contributed by atoms with Crippen molar-refractivity contribution in [3.05, 3.63) is 23.8 Å². The number of carbonyl (C=O) groups excluding carboxylic acids is 2. The minimum absolute atomic E-state index is 0.123. The number of rotatable bonds is 4. The molecular formula is C18H25NO5. The lowest BCUT2D eigenvalue weighted by atomic mass is 10.00. The van der Waals surface area contributed by atoms with E-state index in [1.165, 1.54) is 4.90 Å². The first-order valence-electron chi connectivity index (χ1n) is 8.09. The first-order chi connectivity index (χ1) is 11.3. The van der Waals surface area contributed by atoms with Gasteiger partial charge in [-0.1, -0.05) is 6.07 Å². The molecule has 0 aliphatic carbocycles. The van der Waals surface area contributed by atoms with E-state index in [1.807, 2.05) is 12.1 Å². The van der Waals surface area contributed by atoms with Gasteiger partial charge < -0.3 is 19.5 Å². The van der Waals surface area contributed by atoms with Gasteiger partial charge in [0.2, 0.25) is 5.91 Å². The number of β-amino-alcohol motifs (C(OH)–C–C–N with tert-alkyl or cyclic N) is 1. The molecule has 6 nitrogen and oxygen atoms in total. The Balaban J connectivity index is 2.36. The SMILES string of the molecule is COc1ccc2c(c1)N(CCO)C(=O)[C@H](C(=O)OC(C)(C)C)CC2. The summed E-state index contributed by atoms with van der Waals surface area (Å²) in [6, 6.07) is 5.48. The summed E-state index contributed by atoms with van der Waals surface area (Å²) in [7, 11) is 1.56. The maximum Gasteiger partial charge on any atom is 0.319 e. The van der Waals surface area contributed by atoms with Gasteiger partial charge in [-0.25, -0.2) is 0 Å². The normalized spacial score (nSPS) is 18.0. The molecule has 6 heteroatoms. The topological polar surface area (TPSA) is 76.1 Å². The van der Waals surface area contributed by atoms with E-state index in [0.717, 1.165) is 5.56 Å². The maximum atomic E-state index is 12.9. The molecule has 132 valence electrons. The standard InChI is InChI=1S/C18H25NO5/c1-18(2,3)24-17(22)14-8-6-12-5-7-13(23-4)11-15(12)19(9-10-20)16(14)21/h5,7,11,14,20H,6,8-10H2,1-4H3/t14-/m1/s1. The predicted molar refractivity (Wildman–Crippen MR) is 90.1 cm³/mol. The molecule has 1 heterocycles. The zero-order chi connectivity index (χ0) is 17.9. The number of methoxy groups -OCH3 is 1. The average molecular weight is 335 g/mol. The second-order valence-corrected chi connectivity index (χ2v) is 6.83. The molecule has 0 saturated carbocycles. The molecule has 1 aromatic carbocycles. The van der Waals surface area contributed by atoms with E-state index in [9.17, 15) is 14.7 Å². The van der Waals surface area contributed by atoms with Crippen LogP contribution in [-0.2, 0) is 20.7 Å². The number of aryl methyl sites for hydroxylation is 1. The molecule has 1 N–H and O–H groups in total. The van der Waals surface area contributed by atoms with Crippen LogP contribution in [0.4, 0.5) is 5.69 Å². The second-order valence-electron chi connectivity index (χ2n) is 6.83. The molecular weight excluding hydrogens is 310 g/mol. The second kappa shape index (κ2) is 7.21. The summed E-state index contributed by atoms with van der Waals surface area (Å²) in [4.78, 5) is 26.8. The number of aliphatic hydroxyl groups is 1. The fourth-order valence-corrected chi connectivity index (χ4v) is 2.79. The number of fused-ring (bicyclic) bond motifs is 1. The first kappa shape index (κ1) is 18.3. The summed E-state index contributed by atoms with van der Waals surface area (Å²) in [5.74, 6) is -1.10. The molecule has 0 saturated heterocycles. The zero-order valence-electron chi connectivity index (χ0n) is 14.7. The largest absolute Gasteiger partial charge is 0.497 e. The molecule has 24 heavy (non-hydrogen) atoms. The summed E-state index contributed by atoms with van der Waals surface area (Å²) in [6.07, 6.45) is 0.964. The van der Waals surface area contributed by atoms with Crippen molar-refractivity contribution in [1.82, 2.24) is 0 Å². The maximum absolute atomic E-state index is 12.9. The summed E-state index contributed by atoms with van der Waals surface area (Å²) < 4.78 is 10.6. The fourth-order valence-electron chi connectivity index (χ4n) is 2.79. The van der Waals surface area contributed by atoms with Gasteiger partial charge in [0.25, 0.3) is 0 Å². The fraction of sp³-hybridized carbons (Fsp3) is 0.556. The molecule has 0 fully saturated rings. The van der Waals surface area contributed by atoms with E-state index in [2.05, 4.69) is 0 Å². The highest BCUT2D eigenvalue weighted by molar-refractivity contribution is 6.07. The van der Waals surface area contributed by atoms with Crippen LogP contribution < -0.4 is 9.64 Å². The Hall–Kier alpha value is -2.08. The van der Waals surface area contributed by atoms with Gasteiger partial charge in [-0.05, 0) is 45.2 Å². The Bertz CT molecular complexity index is 620. The van der Waals surface area contributed by atoms with Gasteiger partial charge in [0, 0.05) is 12.6 Å². The van der Waals surface area contributed by atoms with Crippen molar-refractivity contribution in [2.45, 2.75) is 39.2 Å². The van der Waals surface area contributed by atoms with Crippen LogP contribution in [0.2, 0.25) is 0 Å². The lowest BCUT2D eigenvalue weighted by molar-refractivity contribution is -0.162. The molecule has 1 atom stereocenters. The van der Waals surface area contributed by atoms with Gasteiger partial charge in [0.15, 0.2) is 0 Å². The minimum atomic E-state index is -0.867. The third kappa shape index (κ3) is 4.06. The van der Waals surface area contributed by atoms with Crippen LogP contribution >= 0.6 is 0 Å². The molecule has 1 amide bonds. The van der Waals surface area contributed by atoms with Crippen LogP contribution in [0.5, 0.6) is 5.75 Å². The Labute approximate surface area is 142 Å². The molecule has 0 spiro atoms. The predicted octanol–water partition coefficient (Wildman–Crippen LogP) is 1.92. The van der Waals surface area contributed by atoms with E-state index in [0.29, 0.717) is 24.3 Å².